The van der Waals surface area contributed by atoms with Crippen LogP contribution < -0.4 is 0 Å². The van der Waals surface area contributed by atoms with Crippen molar-refractivity contribution in [2.75, 3.05) is 19.7 Å². The van der Waals surface area contributed by atoms with Crippen LogP contribution in [0.3, 0.4) is 0 Å². The Morgan fingerprint density at radius 1 is 1.13 bits per heavy atom. The predicted octanol–water partition coefficient (Wildman–Crippen LogP) is 5.51. The van der Waals surface area contributed by atoms with Gasteiger partial charge in [-0.1, -0.05) is 62.6 Å². The minimum absolute atomic E-state index is 0.424. The molecule has 2 nitrogen and oxygen atoms in total. The van der Waals surface area contributed by atoms with E-state index < -0.39 is 0 Å². The van der Waals surface area contributed by atoms with E-state index in [1.165, 1.54) is 44.2 Å². The van der Waals surface area contributed by atoms with Gasteiger partial charge in [0.2, 0.25) is 0 Å². The van der Waals surface area contributed by atoms with E-state index in [9.17, 15) is 0 Å². The monoisotopic (exact) mass is 319 g/mol. The van der Waals surface area contributed by atoms with Gasteiger partial charge in [0.15, 0.2) is 0 Å². The molecular weight excluding hydrogens is 282 g/mol. The van der Waals surface area contributed by atoms with Crippen molar-refractivity contribution in [3.63, 3.8) is 0 Å². The molecule has 0 N–H and O–H groups in total. The highest BCUT2D eigenvalue weighted by atomic mass is 16.5. The maximum Gasteiger partial charge on any atom is 0.0730 e. The molecule has 0 unspecified atom stereocenters. The average molecular weight is 320 g/mol. The van der Waals surface area contributed by atoms with Crippen molar-refractivity contribution >= 4 is 0 Å². The summed E-state index contributed by atoms with van der Waals surface area (Å²) in [7, 11) is 0. The van der Waals surface area contributed by atoms with Gasteiger partial charge in [0.1, 0.15) is 0 Å². The number of hydrogen-bond donors (Lipinski definition) is 0. The Morgan fingerprint density at radius 2 is 1.91 bits per heavy atom. The number of hydrogen-bond acceptors (Lipinski definition) is 2. The van der Waals surface area contributed by atoms with Gasteiger partial charge < -0.3 is 4.74 Å². The molecule has 0 amide bonds. The molecule has 0 bridgehead atoms. The summed E-state index contributed by atoms with van der Waals surface area (Å²) >= 11 is 0. The molecule has 0 saturated heterocycles. The standard InChI is InChI=1S/C21H37NO/c1-5-9-10-13-19(7-3)16-18-23-21-15-12-11-14-20(21)22(8-4)17-6-2/h5,7,9-10,13,20-21H,6,8,11-12,14-18H2,1-4H3/b9-5-,13-10-,19-7+/t20-,21+/m0/s1. The molecule has 2 heteroatoms. The summed E-state index contributed by atoms with van der Waals surface area (Å²) in [5, 5.41) is 0. The average Bonchev–Trinajstić information content (AvgIpc) is 2.59. The number of rotatable bonds is 10. The molecule has 2 atom stereocenters. The van der Waals surface area contributed by atoms with Gasteiger partial charge in [-0.15, -0.1) is 0 Å². The van der Waals surface area contributed by atoms with Crippen LogP contribution in [-0.2, 0) is 4.74 Å². The van der Waals surface area contributed by atoms with Crippen molar-refractivity contribution in [1.29, 1.82) is 0 Å². The first kappa shape index (κ1) is 20.2. The zero-order valence-electron chi connectivity index (χ0n) is 15.8. The van der Waals surface area contributed by atoms with E-state index in [-0.39, 0.29) is 0 Å². The molecule has 132 valence electrons. The molecule has 1 saturated carbocycles. The second-order valence-electron chi connectivity index (χ2n) is 6.39. The van der Waals surface area contributed by atoms with E-state index in [4.69, 9.17) is 4.74 Å². The smallest absolute Gasteiger partial charge is 0.0730 e. The zero-order valence-corrected chi connectivity index (χ0v) is 15.8. The highest BCUT2D eigenvalue weighted by Crippen LogP contribution is 2.26. The lowest BCUT2D eigenvalue weighted by Gasteiger charge is -2.39. The summed E-state index contributed by atoms with van der Waals surface area (Å²) in [4.78, 5) is 2.63. The Labute approximate surface area is 144 Å². The molecule has 1 fully saturated rings. The fourth-order valence-electron chi connectivity index (χ4n) is 3.48. The van der Waals surface area contributed by atoms with E-state index >= 15 is 0 Å². The van der Waals surface area contributed by atoms with E-state index in [1.54, 1.807) is 0 Å². The van der Waals surface area contributed by atoms with Crippen LogP contribution in [0.15, 0.2) is 36.0 Å². The lowest BCUT2D eigenvalue weighted by molar-refractivity contribution is -0.0339. The maximum absolute atomic E-state index is 6.33. The Kier molecular flexibility index (Phi) is 11.0. The first-order valence-electron chi connectivity index (χ1n) is 9.56. The summed E-state index contributed by atoms with van der Waals surface area (Å²) in [5.74, 6) is 0. The van der Waals surface area contributed by atoms with Gasteiger partial charge in [-0.3, -0.25) is 4.90 Å². The van der Waals surface area contributed by atoms with Crippen LogP contribution in [0.5, 0.6) is 0 Å². The first-order valence-corrected chi connectivity index (χ1v) is 9.56. The van der Waals surface area contributed by atoms with Gasteiger partial charge >= 0.3 is 0 Å². The van der Waals surface area contributed by atoms with Crippen molar-refractivity contribution in [2.45, 2.75) is 78.4 Å². The normalized spacial score (nSPS) is 23.4. The molecule has 1 aliphatic carbocycles. The SMILES string of the molecule is C\C=C/C=C\C(=C/C)CCO[C@@H]1CCCC[C@@H]1N(CC)CCC. The van der Waals surface area contributed by atoms with Gasteiger partial charge in [0.05, 0.1) is 12.7 Å². The van der Waals surface area contributed by atoms with Crippen LogP contribution in [0.4, 0.5) is 0 Å². The van der Waals surface area contributed by atoms with E-state index in [2.05, 4.69) is 56.1 Å². The minimum Gasteiger partial charge on any atom is -0.376 e. The van der Waals surface area contributed by atoms with Crippen LogP contribution in [-0.4, -0.2) is 36.7 Å². The Hall–Kier alpha value is -0.860. The summed E-state index contributed by atoms with van der Waals surface area (Å²) < 4.78 is 6.33. The second-order valence-corrected chi connectivity index (χ2v) is 6.39. The number of likely N-dealkylation sites (N-methyl/N-ethyl adjacent to an activating group) is 1. The fraction of sp³-hybridized carbons (Fsp3) is 0.714. The molecule has 23 heavy (non-hydrogen) atoms. The summed E-state index contributed by atoms with van der Waals surface area (Å²) in [6, 6.07) is 0.626. The van der Waals surface area contributed by atoms with Crippen molar-refractivity contribution < 1.29 is 4.74 Å². The quantitative estimate of drug-likeness (QED) is 0.492. The molecule has 0 radical (unpaired) electrons. The molecule has 0 aromatic heterocycles. The lowest BCUT2D eigenvalue weighted by Crippen LogP contribution is -2.47. The van der Waals surface area contributed by atoms with Crippen molar-refractivity contribution in [1.82, 2.24) is 4.90 Å². The molecule has 1 aliphatic rings. The van der Waals surface area contributed by atoms with Crippen LogP contribution in [0.1, 0.15) is 66.2 Å². The van der Waals surface area contributed by atoms with Crippen LogP contribution >= 0.6 is 0 Å². The van der Waals surface area contributed by atoms with Gasteiger partial charge in [0, 0.05) is 6.04 Å². The van der Waals surface area contributed by atoms with Gasteiger partial charge in [-0.2, -0.15) is 0 Å². The van der Waals surface area contributed by atoms with Crippen LogP contribution in [0.25, 0.3) is 0 Å². The summed E-state index contributed by atoms with van der Waals surface area (Å²) in [6.07, 6.45) is 18.5. The van der Waals surface area contributed by atoms with Crippen molar-refractivity contribution in [2.24, 2.45) is 0 Å². The highest BCUT2D eigenvalue weighted by molar-refractivity contribution is 5.21. The third-order valence-corrected chi connectivity index (χ3v) is 4.76. The molecule has 0 aliphatic heterocycles. The molecule has 0 spiro atoms. The molecule has 0 aromatic carbocycles. The second kappa shape index (κ2) is 12.5. The molecule has 0 heterocycles. The Bertz CT molecular complexity index is 383. The van der Waals surface area contributed by atoms with Crippen LogP contribution in [0.2, 0.25) is 0 Å². The number of nitrogens with zero attached hydrogens (tertiary/aromatic N) is 1. The fourth-order valence-corrected chi connectivity index (χ4v) is 3.48. The first-order chi connectivity index (χ1) is 11.3. The topological polar surface area (TPSA) is 12.5 Å². The minimum atomic E-state index is 0.424. The summed E-state index contributed by atoms with van der Waals surface area (Å²) in [6.45, 7) is 11.9. The van der Waals surface area contributed by atoms with E-state index in [1.807, 2.05) is 6.92 Å². The van der Waals surface area contributed by atoms with Crippen molar-refractivity contribution in [3.05, 3.63) is 36.0 Å². The number of ether oxygens (including phenoxy) is 1. The van der Waals surface area contributed by atoms with E-state index in [0.29, 0.717) is 12.1 Å². The third kappa shape index (κ3) is 7.50. The Balaban J connectivity index is 2.49. The zero-order chi connectivity index (χ0) is 16.9. The largest absolute Gasteiger partial charge is 0.376 e. The highest BCUT2D eigenvalue weighted by Gasteiger charge is 2.29. The molecule has 1 rings (SSSR count). The summed E-state index contributed by atoms with van der Waals surface area (Å²) in [5.41, 5.74) is 1.36. The van der Waals surface area contributed by atoms with Crippen molar-refractivity contribution in [3.8, 4) is 0 Å². The van der Waals surface area contributed by atoms with Crippen LogP contribution in [0, 0.1) is 0 Å². The lowest BCUT2D eigenvalue weighted by atomic mass is 9.91. The van der Waals surface area contributed by atoms with Gasteiger partial charge in [0.25, 0.3) is 0 Å². The number of allylic oxidation sites excluding steroid dienone is 5. The Morgan fingerprint density at radius 3 is 2.57 bits per heavy atom. The molecule has 0 aromatic rings. The van der Waals surface area contributed by atoms with Gasteiger partial charge in [-0.25, -0.2) is 0 Å². The predicted molar refractivity (Wildman–Crippen MR) is 102 cm³/mol. The maximum atomic E-state index is 6.33. The third-order valence-electron chi connectivity index (χ3n) is 4.76. The molecular formula is C21H37NO. The van der Waals surface area contributed by atoms with E-state index in [0.717, 1.165) is 19.6 Å². The van der Waals surface area contributed by atoms with Gasteiger partial charge in [-0.05, 0) is 52.6 Å².